The van der Waals surface area contributed by atoms with Gasteiger partial charge in [0.25, 0.3) is 0 Å². The molecule has 0 radical (unpaired) electrons. The summed E-state index contributed by atoms with van der Waals surface area (Å²) in [6.45, 7) is 0.876. The fourth-order valence-electron chi connectivity index (χ4n) is 2.65. The Labute approximate surface area is 145 Å². The predicted octanol–water partition coefficient (Wildman–Crippen LogP) is 1.44. The van der Waals surface area contributed by atoms with Crippen LogP contribution in [0.2, 0.25) is 0 Å². The molecular weight excluding hydrogens is 350 g/mol. The number of aromatic nitrogens is 1. The summed E-state index contributed by atoms with van der Waals surface area (Å²) in [4.78, 5) is 0. The van der Waals surface area contributed by atoms with Crippen LogP contribution >= 0.6 is 0 Å². The van der Waals surface area contributed by atoms with Gasteiger partial charge in [-0.1, -0.05) is 48.5 Å². The van der Waals surface area contributed by atoms with Crippen LogP contribution in [-0.4, -0.2) is 0 Å². The average Bonchev–Trinajstić information content (AvgIpc) is 3.00. The Morgan fingerprint density at radius 1 is 0.783 bits per heavy atom. The molecule has 2 aromatic heterocycles. The molecule has 0 aliphatic heterocycles. The van der Waals surface area contributed by atoms with E-state index in [4.69, 9.17) is 4.42 Å². The molecule has 0 aliphatic carbocycles. The second kappa shape index (κ2) is 6.80. The van der Waals surface area contributed by atoms with Gasteiger partial charge in [0.05, 0.1) is 0 Å². The molecule has 2 heterocycles. The lowest BCUT2D eigenvalue weighted by Crippen LogP contribution is -3.00. The number of furan rings is 1. The van der Waals surface area contributed by atoms with Gasteiger partial charge in [-0.2, -0.15) is 0 Å². The Balaban J connectivity index is 0.00000156. The quantitative estimate of drug-likeness (QED) is 0.502. The Bertz CT molecular complexity index is 865. The average molecular weight is 366 g/mol. The van der Waals surface area contributed by atoms with Crippen LogP contribution < -0.4 is 21.5 Å². The van der Waals surface area contributed by atoms with Crippen molar-refractivity contribution in [3.8, 4) is 11.3 Å². The maximum atomic E-state index is 5.90. The first-order valence-electron chi connectivity index (χ1n) is 7.40. The third-order valence-electron chi connectivity index (χ3n) is 3.81. The van der Waals surface area contributed by atoms with Gasteiger partial charge in [-0.3, -0.25) is 0 Å². The molecule has 0 saturated heterocycles. The van der Waals surface area contributed by atoms with Crippen molar-refractivity contribution in [1.29, 1.82) is 0 Å². The molecule has 23 heavy (non-hydrogen) atoms. The molecular formula is C20H16BrNO. The molecule has 0 N–H and O–H groups in total. The Hall–Kier alpha value is -2.39. The maximum Gasteiger partial charge on any atom is 0.173 e. The van der Waals surface area contributed by atoms with Gasteiger partial charge >= 0.3 is 0 Å². The molecule has 0 atom stereocenters. The van der Waals surface area contributed by atoms with Gasteiger partial charge in [0, 0.05) is 28.6 Å². The van der Waals surface area contributed by atoms with E-state index in [9.17, 15) is 0 Å². The van der Waals surface area contributed by atoms with Crippen molar-refractivity contribution in [2.45, 2.75) is 6.54 Å². The van der Waals surface area contributed by atoms with Crippen molar-refractivity contribution in [3.05, 3.63) is 90.8 Å². The lowest BCUT2D eigenvalue weighted by Gasteiger charge is -1.99. The number of fused-ring (bicyclic) bond motifs is 1. The summed E-state index contributed by atoms with van der Waals surface area (Å²) in [5.74, 6) is 0.910. The molecule has 0 amide bonds. The first-order chi connectivity index (χ1) is 10.9. The summed E-state index contributed by atoms with van der Waals surface area (Å²) < 4.78 is 8.07. The lowest BCUT2D eigenvalue weighted by molar-refractivity contribution is -0.688. The maximum absolute atomic E-state index is 5.90. The molecule has 3 heteroatoms. The zero-order valence-corrected chi connectivity index (χ0v) is 14.1. The minimum absolute atomic E-state index is 0. The number of rotatable bonds is 3. The molecule has 2 aromatic carbocycles. The van der Waals surface area contributed by atoms with Crippen LogP contribution in [0.4, 0.5) is 0 Å². The molecule has 0 fully saturated rings. The van der Waals surface area contributed by atoms with Crippen LogP contribution in [0.1, 0.15) is 5.56 Å². The Morgan fingerprint density at radius 3 is 2.22 bits per heavy atom. The second-order valence-electron chi connectivity index (χ2n) is 5.39. The lowest BCUT2D eigenvalue weighted by atomic mass is 10.2. The van der Waals surface area contributed by atoms with Gasteiger partial charge in [0.1, 0.15) is 11.3 Å². The summed E-state index contributed by atoms with van der Waals surface area (Å²) in [6.07, 6.45) is 4.19. The van der Waals surface area contributed by atoms with E-state index in [2.05, 4.69) is 65.5 Å². The molecule has 0 unspecified atom stereocenters. The highest BCUT2D eigenvalue weighted by Crippen LogP contribution is 2.26. The van der Waals surface area contributed by atoms with Gasteiger partial charge in [0.2, 0.25) is 0 Å². The topological polar surface area (TPSA) is 17.0 Å². The molecule has 114 valence electrons. The zero-order chi connectivity index (χ0) is 14.8. The minimum atomic E-state index is 0. The standard InChI is InChI=1S/C20H16NO.BrH/c1-2-6-16(7-3-1)15-21-12-10-17(11-13-21)20-14-18-8-4-5-9-19(18)22-20;/h1-14H,15H2;1H/q+1;/p-1. The number of hydrogen-bond acceptors (Lipinski definition) is 1. The Kier molecular flexibility index (Phi) is 4.58. The number of benzene rings is 2. The third-order valence-corrected chi connectivity index (χ3v) is 3.81. The zero-order valence-electron chi connectivity index (χ0n) is 12.5. The SMILES string of the molecule is [Br-].c1ccc(C[n+]2ccc(-c3cc4ccccc4o3)cc2)cc1. The number of para-hydroxylation sites is 1. The van der Waals surface area contributed by atoms with Crippen LogP contribution in [0.15, 0.2) is 89.6 Å². The van der Waals surface area contributed by atoms with Crippen molar-refractivity contribution >= 4 is 11.0 Å². The molecule has 2 nitrogen and oxygen atoms in total. The van der Waals surface area contributed by atoms with Crippen molar-refractivity contribution in [2.24, 2.45) is 0 Å². The van der Waals surface area contributed by atoms with E-state index in [1.807, 2.05) is 24.3 Å². The van der Waals surface area contributed by atoms with E-state index in [0.29, 0.717) is 0 Å². The molecule has 0 spiro atoms. The van der Waals surface area contributed by atoms with E-state index in [0.717, 1.165) is 28.8 Å². The molecule has 0 bridgehead atoms. The van der Waals surface area contributed by atoms with Gasteiger partial charge in [0.15, 0.2) is 18.9 Å². The fourth-order valence-corrected chi connectivity index (χ4v) is 2.65. The number of hydrogen-bond donors (Lipinski definition) is 0. The summed E-state index contributed by atoms with van der Waals surface area (Å²) >= 11 is 0. The van der Waals surface area contributed by atoms with Gasteiger partial charge in [-0.15, -0.1) is 0 Å². The summed E-state index contributed by atoms with van der Waals surface area (Å²) in [6, 6.07) is 24.8. The van der Waals surface area contributed by atoms with E-state index >= 15 is 0 Å². The van der Waals surface area contributed by atoms with Crippen LogP contribution in [0, 0.1) is 0 Å². The smallest absolute Gasteiger partial charge is 0.173 e. The monoisotopic (exact) mass is 365 g/mol. The number of pyridine rings is 1. The molecule has 4 aromatic rings. The second-order valence-corrected chi connectivity index (χ2v) is 5.39. The van der Waals surface area contributed by atoms with E-state index in [1.54, 1.807) is 0 Å². The third kappa shape index (κ3) is 3.35. The first kappa shape index (κ1) is 15.5. The predicted molar refractivity (Wildman–Crippen MR) is 87.4 cm³/mol. The van der Waals surface area contributed by atoms with Crippen molar-refractivity contribution in [1.82, 2.24) is 0 Å². The van der Waals surface area contributed by atoms with Gasteiger partial charge in [-0.25, -0.2) is 4.57 Å². The van der Waals surface area contributed by atoms with Crippen LogP contribution in [0.5, 0.6) is 0 Å². The highest BCUT2D eigenvalue weighted by molar-refractivity contribution is 5.82. The van der Waals surface area contributed by atoms with Crippen LogP contribution in [0.3, 0.4) is 0 Å². The highest BCUT2D eigenvalue weighted by atomic mass is 79.9. The summed E-state index contributed by atoms with van der Waals surface area (Å²) in [5.41, 5.74) is 3.32. The normalized spacial score (nSPS) is 10.4. The molecule has 0 saturated carbocycles. The van der Waals surface area contributed by atoms with Crippen molar-refractivity contribution in [3.63, 3.8) is 0 Å². The van der Waals surface area contributed by atoms with Gasteiger partial charge in [-0.05, 0) is 12.1 Å². The van der Waals surface area contributed by atoms with Crippen molar-refractivity contribution < 1.29 is 26.0 Å². The van der Waals surface area contributed by atoms with Crippen LogP contribution in [-0.2, 0) is 6.54 Å². The molecule has 4 rings (SSSR count). The summed E-state index contributed by atoms with van der Waals surface area (Å²) in [5, 5.41) is 1.14. The van der Waals surface area contributed by atoms with E-state index in [1.165, 1.54) is 5.56 Å². The van der Waals surface area contributed by atoms with Crippen LogP contribution in [0.25, 0.3) is 22.3 Å². The van der Waals surface area contributed by atoms with Gasteiger partial charge < -0.3 is 21.4 Å². The van der Waals surface area contributed by atoms with E-state index < -0.39 is 0 Å². The first-order valence-corrected chi connectivity index (χ1v) is 7.40. The Morgan fingerprint density at radius 2 is 1.48 bits per heavy atom. The number of halogens is 1. The number of nitrogens with zero attached hydrogens (tertiary/aromatic N) is 1. The van der Waals surface area contributed by atoms with E-state index in [-0.39, 0.29) is 17.0 Å². The fraction of sp³-hybridized carbons (Fsp3) is 0.0500. The van der Waals surface area contributed by atoms with Crippen molar-refractivity contribution in [2.75, 3.05) is 0 Å². The highest BCUT2D eigenvalue weighted by Gasteiger charge is 2.08. The molecule has 0 aliphatic rings. The minimum Gasteiger partial charge on any atom is -1.00 e. The largest absolute Gasteiger partial charge is 1.00 e. The summed E-state index contributed by atoms with van der Waals surface area (Å²) in [7, 11) is 0.